The van der Waals surface area contributed by atoms with Gasteiger partial charge < -0.3 is 39.0 Å². The summed E-state index contributed by atoms with van der Waals surface area (Å²) >= 11 is 0. The Morgan fingerprint density at radius 2 is 1.65 bits per heavy atom. The summed E-state index contributed by atoms with van der Waals surface area (Å²) in [4.78, 5) is 18.0. The zero-order valence-electron chi connectivity index (χ0n) is 31.2. The summed E-state index contributed by atoms with van der Waals surface area (Å²) in [6, 6.07) is 0. The van der Waals surface area contributed by atoms with Crippen LogP contribution in [0.2, 0.25) is 0 Å². The van der Waals surface area contributed by atoms with Crippen LogP contribution in [0.1, 0.15) is 130 Å². The van der Waals surface area contributed by atoms with Crippen LogP contribution < -0.4 is 0 Å². The second-order valence-electron chi connectivity index (χ2n) is 18.3. The highest BCUT2D eigenvalue weighted by Gasteiger charge is 2.65. The highest BCUT2D eigenvalue weighted by atomic mass is 16.8. The van der Waals surface area contributed by atoms with Crippen LogP contribution >= 0.6 is 0 Å². The summed E-state index contributed by atoms with van der Waals surface area (Å²) in [6.45, 7) is 13.7. The van der Waals surface area contributed by atoms with Gasteiger partial charge in [-0.2, -0.15) is 0 Å². The lowest BCUT2D eigenvalue weighted by atomic mass is 9.57. The number of aliphatic hydroxyl groups is 2. The second kappa shape index (κ2) is 13.0. The van der Waals surface area contributed by atoms with E-state index in [1.165, 1.54) is 0 Å². The summed E-state index contributed by atoms with van der Waals surface area (Å²) in [5, 5.41) is 33.8. The van der Waals surface area contributed by atoms with Crippen LogP contribution in [0.25, 0.3) is 0 Å². The Hall–Kier alpha value is -1.66. The minimum Gasteiger partial charge on any atom is -0.478 e. The van der Waals surface area contributed by atoms with E-state index in [1.807, 2.05) is 13.0 Å². The van der Waals surface area contributed by atoms with Crippen molar-refractivity contribution in [2.24, 2.45) is 34.1 Å². The van der Waals surface area contributed by atoms with E-state index in [0.717, 1.165) is 69.2 Å². The Balaban J connectivity index is 1.20. The molecule has 10 nitrogen and oxygen atoms in total. The molecule has 8 rings (SSSR count). The first-order valence-electron chi connectivity index (χ1n) is 20.1. The predicted octanol–water partition coefficient (Wildman–Crippen LogP) is 6.61. The van der Waals surface area contributed by atoms with Crippen molar-refractivity contribution in [2.45, 2.75) is 184 Å². The van der Waals surface area contributed by atoms with E-state index in [0.29, 0.717) is 68.8 Å². The van der Waals surface area contributed by atoms with E-state index in [-0.39, 0.29) is 24.0 Å². The number of hydrogen-bond donors (Lipinski definition) is 3. The van der Waals surface area contributed by atoms with Crippen LogP contribution in [0.15, 0.2) is 28.8 Å². The predicted molar refractivity (Wildman–Crippen MR) is 190 cm³/mol. The molecule has 4 unspecified atom stereocenters. The van der Waals surface area contributed by atoms with Crippen LogP contribution in [0.4, 0.5) is 0 Å². The quantitative estimate of drug-likeness (QED) is 0.257. The number of hydrogen-bond acceptors (Lipinski definition) is 9. The van der Waals surface area contributed by atoms with Gasteiger partial charge in [0, 0.05) is 61.3 Å². The monoisotopic (exact) mass is 711 g/mol. The third kappa shape index (κ3) is 6.21. The number of carbonyl (C=O) groups is 1. The van der Waals surface area contributed by atoms with Gasteiger partial charge >= 0.3 is 5.97 Å². The minimum atomic E-state index is -1.14. The average molecular weight is 712 g/mol. The second-order valence-corrected chi connectivity index (χ2v) is 18.3. The Bertz CT molecular complexity index is 1460. The molecule has 0 aromatic carbocycles. The molecule has 7 aliphatic heterocycles. The number of fused-ring (bicyclic) bond motifs is 6. The van der Waals surface area contributed by atoms with Crippen LogP contribution in [0.3, 0.4) is 0 Å². The van der Waals surface area contributed by atoms with Gasteiger partial charge in [0.05, 0.1) is 24.4 Å². The Morgan fingerprint density at radius 3 is 2.45 bits per heavy atom. The zero-order valence-corrected chi connectivity index (χ0v) is 31.2. The number of rotatable bonds is 1. The standard InChI is InChI=1S/C41H61NO9/c1-24-8-6-10-32-38(20-25(2)27(4)23-42-32)15-11-28(36(44)45)19-31(38)34-35-33(43)26(3)21-40(49-34,50-35)22-30-9-7-13-39(47-30)16-17-41(51-39)37(5,46)14-12-29(18-24)48-41/h19,25-27,29-31,33-35,43,46H,1,6-18,20-23H2,2-5H3,(H,44,45)/t25-,26+,27-,29-,30+,31+,33+,34-,35-,37+,38?,39?,40?,41?/m0/s1. The smallest absolute Gasteiger partial charge is 0.331 e. The van der Waals surface area contributed by atoms with Crippen molar-refractivity contribution in [1.29, 1.82) is 0 Å². The summed E-state index contributed by atoms with van der Waals surface area (Å²) in [5.41, 5.74) is 1.13. The molecular formula is C41H61NO9. The molecular weight excluding hydrogens is 650 g/mol. The van der Waals surface area contributed by atoms with E-state index in [2.05, 4.69) is 27.4 Å². The third-order valence-electron chi connectivity index (χ3n) is 14.6. The van der Waals surface area contributed by atoms with Crippen molar-refractivity contribution in [3.63, 3.8) is 0 Å². The SMILES string of the molecule is C=C1CCCC2=NC[C@H](C)[C@@H](C)CC23CCC(C(=O)O)=C[C@@H]3[C@@H]2OC3(C[C@H]4CCCC5(CCC6(O[C@@H](CC[C@@]6(C)O)C1)O5)O4)C[C@@H](C)[C@@H](O)[C@@H]2O3. The number of carboxylic acid groups (broad SMARTS) is 1. The van der Waals surface area contributed by atoms with Crippen LogP contribution in [-0.2, 0) is 28.5 Å². The molecule has 10 heteroatoms. The highest BCUT2D eigenvalue weighted by Crippen LogP contribution is 2.59. The van der Waals surface area contributed by atoms with Gasteiger partial charge in [0.1, 0.15) is 11.7 Å². The van der Waals surface area contributed by atoms with Crippen LogP contribution in [-0.4, -0.2) is 87.0 Å². The van der Waals surface area contributed by atoms with Crippen molar-refractivity contribution in [3.8, 4) is 0 Å². The molecule has 7 heterocycles. The summed E-state index contributed by atoms with van der Waals surface area (Å²) in [6.07, 6.45) is 11.0. The van der Waals surface area contributed by atoms with Crippen molar-refractivity contribution < 1.29 is 43.8 Å². The highest BCUT2D eigenvalue weighted by molar-refractivity contribution is 5.93. The van der Waals surface area contributed by atoms with E-state index >= 15 is 0 Å². The van der Waals surface area contributed by atoms with Crippen molar-refractivity contribution in [1.82, 2.24) is 0 Å². The molecule has 6 saturated heterocycles. The fraction of sp³-hybridized carbons (Fsp3) is 0.854. The summed E-state index contributed by atoms with van der Waals surface area (Å²) in [7, 11) is 0. The Labute approximate surface area is 303 Å². The Morgan fingerprint density at radius 1 is 0.843 bits per heavy atom. The number of aliphatic imine (C=N–C) groups is 1. The molecule has 0 aromatic heterocycles. The molecule has 0 saturated carbocycles. The first kappa shape index (κ1) is 36.3. The van der Waals surface area contributed by atoms with E-state index in [1.54, 1.807) is 0 Å². The molecule has 0 radical (unpaired) electrons. The lowest BCUT2D eigenvalue weighted by Crippen LogP contribution is -2.60. The van der Waals surface area contributed by atoms with Gasteiger partial charge in [-0.05, 0) is 95.3 Å². The van der Waals surface area contributed by atoms with Gasteiger partial charge in [0.2, 0.25) is 5.79 Å². The number of nitrogens with zero attached hydrogens (tertiary/aromatic N) is 1. The average Bonchev–Trinajstić information content (AvgIpc) is 3.55. The van der Waals surface area contributed by atoms with Gasteiger partial charge in [0.15, 0.2) is 11.6 Å². The minimum absolute atomic E-state index is 0.0764. The lowest BCUT2D eigenvalue weighted by molar-refractivity contribution is -0.403. The fourth-order valence-electron chi connectivity index (χ4n) is 11.5. The first-order chi connectivity index (χ1) is 24.2. The van der Waals surface area contributed by atoms with Gasteiger partial charge in [-0.1, -0.05) is 39.0 Å². The summed E-state index contributed by atoms with van der Waals surface area (Å²) in [5.74, 6) is -3.50. The maximum atomic E-state index is 12.6. The normalized spacial score (nSPS) is 51.8. The van der Waals surface area contributed by atoms with Crippen molar-refractivity contribution in [2.75, 3.05) is 6.54 Å². The van der Waals surface area contributed by atoms with Crippen molar-refractivity contribution >= 4 is 11.7 Å². The lowest BCUT2D eigenvalue weighted by Gasteiger charge is -2.50. The maximum Gasteiger partial charge on any atom is 0.331 e. The maximum absolute atomic E-state index is 12.6. The molecule has 8 aliphatic rings. The van der Waals surface area contributed by atoms with Crippen molar-refractivity contribution in [3.05, 3.63) is 23.8 Å². The van der Waals surface area contributed by atoms with Crippen LogP contribution in [0, 0.1) is 29.1 Å². The molecule has 0 amide bonds. The topological polar surface area (TPSA) is 136 Å². The zero-order chi connectivity index (χ0) is 36.0. The number of aliphatic carboxylic acids is 1. The molecule has 6 fully saturated rings. The number of ether oxygens (including phenoxy) is 5. The van der Waals surface area contributed by atoms with E-state index in [9.17, 15) is 20.1 Å². The van der Waals surface area contributed by atoms with Gasteiger partial charge in [-0.25, -0.2) is 4.79 Å². The van der Waals surface area contributed by atoms with Gasteiger partial charge in [-0.3, -0.25) is 4.99 Å². The molecule has 4 spiro atoms. The van der Waals surface area contributed by atoms with E-state index in [4.69, 9.17) is 28.7 Å². The van der Waals surface area contributed by atoms with E-state index < -0.39 is 52.7 Å². The molecule has 0 aromatic rings. The molecule has 51 heavy (non-hydrogen) atoms. The fourth-order valence-corrected chi connectivity index (χ4v) is 11.5. The van der Waals surface area contributed by atoms with Gasteiger partial charge in [-0.15, -0.1) is 0 Å². The first-order valence-corrected chi connectivity index (χ1v) is 20.1. The molecule has 3 N–H and O–H groups in total. The molecule has 14 atom stereocenters. The largest absolute Gasteiger partial charge is 0.478 e. The van der Waals surface area contributed by atoms with Crippen LogP contribution in [0.5, 0.6) is 0 Å². The number of carboxylic acids is 1. The number of aliphatic hydroxyl groups excluding tert-OH is 1. The molecule has 284 valence electrons. The third-order valence-corrected chi connectivity index (χ3v) is 14.6. The molecule has 7 bridgehead atoms. The molecule has 1 aliphatic carbocycles. The summed E-state index contributed by atoms with van der Waals surface area (Å²) < 4.78 is 34.8. The van der Waals surface area contributed by atoms with Gasteiger partial charge in [0.25, 0.3) is 0 Å². The Kier molecular flexibility index (Phi) is 9.25.